The van der Waals surface area contributed by atoms with Crippen LogP contribution in [0.1, 0.15) is 32.1 Å². The predicted molar refractivity (Wildman–Crippen MR) is 68.6 cm³/mol. The second-order valence-corrected chi connectivity index (χ2v) is 4.20. The second-order valence-electron chi connectivity index (χ2n) is 4.20. The largest absolute Gasteiger partial charge is 0.481 e. The molecule has 0 saturated heterocycles. The Bertz CT molecular complexity index is 246. The highest BCUT2D eigenvalue weighted by Crippen LogP contribution is 2.02. The van der Waals surface area contributed by atoms with Gasteiger partial charge in [-0.15, -0.1) is 0 Å². The lowest BCUT2D eigenvalue weighted by molar-refractivity contribution is -0.137. The molecule has 0 aromatic carbocycles. The average molecular weight is 260 g/mol. The van der Waals surface area contributed by atoms with Gasteiger partial charge in [0.2, 0.25) is 0 Å². The SMILES string of the molecule is COCCN(C)C(=O)NCCCCCCC(=O)O. The van der Waals surface area contributed by atoms with E-state index in [1.54, 1.807) is 19.1 Å². The summed E-state index contributed by atoms with van der Waals surface area (Å²) >= 11 is 0. The monoisotopic (exact) mass is 260 g/mol. The number of methoxy groups -OCH3 is 1. The summed E-state index contributed by atoms with van der Waals surface area (Å²) in [6, 6.07) is -0.0995. The minimum absolute atomic E-state index is 0.0995. The fraction of sp³-hybridized carbons (Fsp3) is 0.833. The highest BCUT2D eigenvalue weighted by Gasteiger charge is 2.06. The molecule has 0 heterocycles. The number of aliphatic carboxylic acids is 1. The third kappa shape index (κ3) is 9.89. The molecule has 2 amide bonds. The molecule has 2 N–H and O–H groups in total. The quantitative estimate of drug-likeness (QED) is 0.580. The summed E-state index contributed by atoms with van der Waals surface area (Å²) in [4.78, 5) is 23.4. The maximum absolute atomic E-state index is 11.5. The Morgan fingerprint density at radius 1 is 1.22 bits per heavy atom. The smallest absolute Gasteiger partial charge is 0.317 e. The van der Waals surface area contributed by atoms with Crippen LogP contribution in [0.2, 0.25) is 0 Å². The lowest BCUT2D eigenvalue weighted by Crippen LogP contribution is -2.39. The van der Waals surface area contributed by atoms with Gasteiger partial charge in [0.25, 0.3) is 0 Å². The van der Waals surface area contributed by atoms with Crippen molar-refractivity contribution in [1.29, 1.82) is 0 Å². The molecule has 6 nitrogen and oxygen atoms in total. The van der Waals surface area contributed by atoms with Gasteiger partial charge in [0.1, 0.15) is 0 Å². The van der Waals surface area contributed by atoms with E-state index in [1.807, 2.05) is 0 Å². The molecule has 0 bridgehead atoms. The van der Waals surface area contributed by atoms with Crippen LogP contribution >= 0.6 is 0 Å². The molecule has 0 aliphatic rings. The van der Waals surface area contributed by atoms with Crippen LogP contribution in [0.4, 0.5) is 4.79 Å². The third-order valence-electron chi connectivity index (χ3n) is 2.57. The number of nitrogens with zero attached hydrogens (tertiary/aromatic N) is 1. The van der Waals surface area contributed by atoms with E-state index in [0.29, 0.717) is 26.1 Å². The molecule has 0 fully saturated rings. The number of rotatable bonds is 10. The first-order valence-corrected chi connectivity index (χ1v) is 6.27. The third-order valence-corrected chi connectivity index (χ3v) is 2.57. The maximum atomic E-state index is 11.5. The Morgan fingerprint density at radius 2 is 1.89 bits per heavy atom. The number of unbranched alkanes of at least 4 members (excludes halogenated alkanes) is 3. The predicted octanol–water partition coefficient (Wildman–Crippen LogP) is 1.31. The minimum atomic E-state index is -0.747. The summed E-state index contributed by atoms with van der Waals surface area (Å²) in [6.45, 7) is 1.73. The van der Waals surface area contributed by atoms with Crippen LogP contribution in [0.15, 0.2) is 0 Å². The first kappa shape index (κ1) is 16.7. The van der Waals surface area contributed by atoms with Gasteiger partial charge >= 0.3 is 12.0 Å². The summed E-state index contributed by atoms with van der Waals surface area (Å²) in [7, 11) is 3.32. The normalized spacial score (nSPS) is 10.1. The van der Waals surface area contributed by atoms with Gasteiger partial charge in [0.15, 0.2) is 0 Å². The van der Waals surface area contributed by atoms with E-state index in [1.165, 1.54) is 0 Å². The highest BCUT2D eigenvalue weighted by molar-refractivity contribution is 5.73. The molecular weight excluding hydrogens is 236 g/mol. The van der Waals surface area contributed by atoms with E-state index in [2.05, 4.69) is 5.32 Å². The van der Waals surface area contributed by atoms with Crippen molar-refractivity contribution in [2.75, 3.05) is 33.9 Å². The topological polar surface area (TPSA) is 78.9 Å². The number of carbonyl (C=O) groups is 2. The fourth-order valence-corrected chi connectivity index (χ4v) is 1.41. The number of amides is 2. The van der Waals surface area contributed by atoms with Crippen LogP contribution in [-0.2, 0) is 9.53 Å². The van der Waals surface area contributed by atoms with Crippen molar-refractivity contribution in [3.8, 4) is 0 Å². The van der Waals surface area contributed by atoms with Crippen LogP contribution in [0.5, 0.6) is 0 Å². The number of carboxylic acids is 1. The summed E-state index contributed by atoms with van der Waals surface area (Å²) in [6.07, 6.45) is 3.64. The van der Waals surface area contributed by atoms with Crippen molar-refractivity contribution < 1.29 is 19.4 Å². The number of ether oxygens (including phenoxy) is 1. The van der Waals surface area contributed by atoms with Gasteiger partial charge in [-0.1, -0.05) is 12.8 Å². The van der Waals surface area contributed by atoms with E-state index >= 15 is 0 Å². The van der Waals surface area contributed by atoms with Gasteiger partial charge in [-0.05, 0) is 12.8 Å². The van der Waals surface area contributed by atoms with Crippen molar-refractivity contribution in [3.05, 3.63) is 0 Å². The molecule has 106 valence electrons. The number of likely N-dealkylation sites (N-methyl/N-ethyl adjacent to an activating group) is 1. The molecule has 0 aliphatic carbocycles. The molecule has 0 aromatic heterocycles. The van der Waals surface area contributed by atoms with Crippen LogP contribution in [-0.4, -0.2) is 55.9 Å². The Labute approximate surface area is 108 Å². The van der Waals surface area contributed by atoms with Crippen molar-refractivity contribution >= 4 is 12.0 Å². The molecule has 18 heavy (non-hydrogen) atoms. The van der Waals surface area contributed by atoms with Crippen LogP contribution < -0.4 is 5.32 Å². The van der Waals surface area contributed by atoms with Crippen LogP contribution in [0.3, 0.4) is 0 Å². The minimum Gasteiger partial charge on any atom is -0.481 e. The number of nitrogens with one attached hydrogen (secondary N) is 1. The molecule has 0 unspecified atom stereocenters. The Hall–Kier alpha value is -1.30. The van der Waals surface area contributed by atoms with Gasteiger partial charge < -0.3 is 20.1 Å². The van der Waals surface area contributed by atoms with E-state index in [4.69, 9.17) is 9.84 Å². The van der Waals surface area contributed by atoms with E-state index < -0.39 is 5.97 Å². The molecule has 0 spiro atoms. The van der Waals surface area contributed by atoms with Crippen molar-refractivity contribution in [1.82, 2.24) is 10.2 Å². The van der Waals surface area contributed by atoms with E-state index in [0.717, 1.165) is 19.3 Å². The summed E-state index contributed by atoms with van der Waals surface area (Å²) in [5, 5.41) is 11.3. The molecular formula is C12H24N2O4. The van der Waals surface area contributed by atoms with Gasteiger partial charge in [-0.2, -0.15) is 0 Å². The summed E-state index contributed by atoms with van der Waals surface area (Å²) in [5.74, 6) is -0.747. The number of urea groups is 1. The number of carboxylic acid groups (broad SMARTS) is 1. The standard InChI is InChI=1S/C12H24N2O4/c1-14(9-10-18-2)12(17)13-8-6-4-3-5-7-11(15)16/h3-10H2,1-2H3,(H,13,17)(H,15,16). The van der Waals surface area contributed by atoms with E-state index in [9.17, 15) is 9.59 Å². The van der Waals surface area contributed by atoms with Crippen molar-refractivity contribution in [2.24, 2.45) is 0 Å². The lowest BCUT2D eigenvalue weighted by atomic mass is 10.1. The summed E-state index contributed by atoms with van der Waals surface area (Å²) in [5.41, 5.74) is 0. The molecule has 6 heteroatoms. The molecule has 0 atom stereocenters. The van der Waals surface area contributed by atoms with Crippen molar-refractivity contribution in [3.63, 3.8) is 0 Å². The number of carbonyl (C=O) groups excluding carboxylic acids is 1. The lowest BCUT2D eigenvalue weighted by Gasteiger charge is -2.17. The van der Waals surface area contributed by atoms with Gasteiger partial charge in [0, 0.05) is 33.7 Å². The first-order chi connectivity index (χ1) is 8.57. The molecule has 0 aromatic rings. The van der Waals surface area contributed by atoms with Gasteiger partial charge in [0.05, 0.1) is 6.61 Å². The van der Waals surface area contributed by atoms with Crippen LogP contribution in [0, 0.1) is 0 Å². The average Bonchev–Trinajstić information content (AvgIpc) is 2.34. The Kier molecular flexibility index (Phi) is 10.0. The second kappa shape index (κ2) is 10.8. The maximum Gasteiger partial charge on any atom is 0.317 e. The number of hydrogen-bond acceptors (Lipinski definition) is 3. The highest BCUT2D eigenvalue weighted by atomic mass is 16.5. The Balaban J connectivity index is 3.37. The van der Waals surface area contributed by atoms with Crippen molar-refractivity contribution in [2.45, 2.75) is 32.1 Å². The zero-order valence-electron chi connectivity index (χ0n) is 11.3. The van der Waals surface area contributed by atoms with E-state index in [-0.39, 0.29) is 12.5 Å². The van der Waals surface area contributed by atoms with Gasteiger partial charge in [-0.25, -0.2) is 4.79 Å². The fourth-order valence-electron chi connectivity index (χ4n) is 1.41. The Morgan fingerprint density at radius 3 is 2.50 bits per heavy atom. The first-order valence-electron chi connectivity index (χ1n) is 6.27. The molecule has 0 saturated carbocycles. The molecule has 0 rings (SSSR count). The zero-order chi connectivity index (χ0) is 13.8. The summed E-state index contributed by atoms with van der Waals surface area (Å²) < 4.78 is 4.88. The van der Waals surface area contributed by atoms with Gasteiger partial charge in [-0.3, -0.25) is 4.79 Å². The molecule has 0 radical (unpaired) electrons. The van der Waals surface area contributed by atoms with Crippen LogP contribution in [0.25, 0.3) is 0 Å². The zero-order valence-corrected chi connectivity index (χ0v) is 11.3. The number of hydrogen-bond donors (Lipinski definition) is 2. The molecule has 0 aliphatic heterocycles.